The fraction of sp³-hybridized carbons (Fsp3) is 0.533. The number of methoxy groups -OCH3 is 1. The largest absolute Gasteiger partial charge is 0.377 e. The summed E-state index contributed by atoms with van der Waals surface area (Å²) in [6.45, 7) is 8.20. The Morgan fingerprint density at radius 1 is 1.28 bits per heavy atom. The Balaban J connectivity index is 2.17. The van der Waals surface area contributed by atoms with E-state index in [1.165, 1.54) is 29.6 Å². The maximum atomic E-state index is 12.5. The number of aromatic nitrogens is 3. The molecule has 0 unspecified atom stereocenters. The molecule has 0 aliphatic heterocycles. The van der Waals surface area contributed by atoms with E-state index in [0.29, 0.717) is 44.9 Å². The molecular formula is C15H21N5O3S2. The second-order valence-electron chi connectivity index (χ2n) is 5.82. The van der Waals surface area contributed by atoms with Gasteiger partial charge in [0.2, 0.25) is 11.0 Å². The van der Waals surface area contributed by atoms with Crippen molar-refractivity contribution in [3.8, 4) is 0 Å². The van der Waals surface area contributed by atoms with Crippen LogP contribution in [0.1, 0.15) is 41.1 Å². The number of thiazole rings is 1. The van der Waals surface area contributed by atoms with Gasteiger partial charge in [0.25, 0.3) is 5.91 Å². The number of nitrogens with zero attached hydrogens (tertiary/aromatic N) is 4. The number of nitrogens with one attached hydrogen (secondary N) is 1. The van der Waals surface area contributed by atoms with Crippen LogP contribution in [0, 0.1) is 12.8 Å². The van der Waals surface area contributed by atoms with Crippen molar-refractivity contribution in [2.45, 2.75) is 34.3 Å². The van der Waals surface area contributed by atoms with Crippen LogP contribution < -0.4 is 10.2 Å². The quantitative estimate of drug-likeness (QED) is 0.789. The molecule has 1 N–H and O–H groups in total. The number of ether oxygens (including phenoxy) is 1. The van der Waals surface area contributed by atoms with Gasteiger partial charge in [0.15, 0.2) is 5.13 Å². The third-order valence-electron chi connectivity index (χ3n) is 3.11. The minimum absolute atomic E-state index is 0.0947. The molecule has 25 heavy (non-hydrogen) atoms. The molecule has 10 heteroatoms. The molecule has 0 fully saturated rings. The molecule has 0 saturated heterocycles. The van der Waals surface area contributed by atoms with Crippen molar-refractivity contribution in [1.82, 2.24) is 15.2 Å². The summed E-state index contributed by atoms with van der Waals surface area (Å²) < 4.78 is 4.98. The Kier molecular flexibility index (Phi) is 6.57. The Hall–Kier alpha value is -1.91. The van der Waals surface area contributed by atoms with Crippen LogP contribution in [-0.4, -0.2) is 40.7 Å². The maximum Gasteiger partial charge on any atom is 0.269 e. The first kappa shape index (κ1) is 19.4. The topological polar surface area (TPSA) is 97.3 Å². The highest BCUT2D eigenvalue weighted by Gasteiger charge is 2.22. The van der Waals surface area contributed by atoms with E-state index in [9.17, 15) is 9.59 Å². The minimum Gasteiger partial charge on any atom is -0.377 e. The standard InChI is InChI=1S/C15H21N5O3S2/c1-8(2)6-20(10(4)21)15-16-9(3)12(25-15)13(22)17-14-19-18-11(24-14)7-23-5/h8H,6-7H2,1-5H3,(H,17,19,22). The molecule has 2 aromatic heterocycles. The van der Waals surface area contributed by atoms with Crippen LogP contribution in [0.4, 0.5) is 10.3 Å². The highest BCUT2D eigenvalue weighted by Crippen LogP contribution is 2.28. The zero-order chi connectivity index (χ0) is 18.6. The number of rotatable bonds is 7. The van der Waals surface area contributed by atoms with E-state index in [-0.39, 0.29) is 11.8 Å². The summed E-state index contributed by atoms with van der Waals surface area (Å²) in [5.74, 6) is -0.108. The van der Waals surface area contributed by atoms with Gasteiger partial charge in [-0.3, -0.25) is 19.8 Å². The molecule has 0 aliphatic carbocycles. The van der Waals surface area contributed by atoms with Crippen molar-refractivity contribution in [1.29, 1.82) is 0 Å². The second kappa shape index (κ2) is 8.45. The van der Waals surface area contributed by atoms with Crippen molar-refractivity contribution >= 4 is 44.8 Å². The van der Waals surface area contributed by atoms with Crippen molar-refractivity contribution in [2.75, 3.05) is 23.9 Å². The lowest BCUT2D eigenvalue weighted by Gasteiger charge is -2.19. The number of amides is 2. The van der Waals surface area contributed by atoms with Gasteiger partial charge >= 0.3 is 0 Å². The molecular weight excluding hydrogens is 362 g/mol. The van der Waals surface area contributed by atoms with Gasteiger partial charge < -0.3 is 4.74 Å². The summed E-state index contributed by atoms with van der Waals surface area (Å²) in [6.07, 6.45) is 0. The van der Waals surface area contributed by atoms with Crippen molar-refractivity contribution in [3.63, 3.8) is 0 Å². The molecule has 2 heterocycles. The van der Waals surface area contributed by atoms with Crippen LogP contribution in [0.3, 0.4) is 0 Å². The first-order chi connectivity index (χ1) is 11.8. The molecule has 136 valence electrons. The third kappa shape index (κ3) is 5.03. The van der Waals surface area contributed by atoms with E-state index < -0.39 is 0 Å². The van der Waals surface area contributed by atoms with Crippen molar-refractivity contribution < 1.29 is 14.3 Å². The molecule has 0 aromatic carbocycles. The van der Waals surface area contributed by atoms with Crippen molar-refractivity contribution in [2.24, 2.45) is 5.92 Å². The molecule has 2 amide bonds. The summed E-state index contributed by atoms with van der Waals surface area (Å²) >= 11 is 2.45. The minimum atomic E-state index is -0.311. The third-order valence-corrected chi connectivity index (χ3v) is 5.10. The highest BCUT2D eigenvalue weighted by molar-refractivity contribution is 7.18. The molecule has 0 radical (unpaired) electrons. The molecule has 0 bridgehead atoms. The Morgan fingerprint density at radius 3 is 2.60 bits per heavy atom. The van der Waals surface area contributed by atoms with Crippen molar-refractivity contribution in [3.05, 3.63) is 15.6 Å². The van der Waals surface area contributed by atoms with E-state index in [2.05, 4.69) is 20.5 Å². The van der Waals surface area contributed by atoms with E-state index in [1.54, 1.807) is 18.9 Å². The molecule has 0 atom stereocenters. The Labute approximate surface area is 154 Å². The summed E-state index contributed by atoms with van der Waals surface area (Å²) in [4.78, 5) is 30.8. The van der Waals surface area contributed by atoms with E-state index in [4.69, 9.17) is 4.74 Å². The predicted molar refractivity (Wildman–Crippen MR) is 98.3 cm³/mol. The summed E-state index contributed by atoms with van der Waals surface area (Å²) in [7, 11) is 1.57. The lowest BCUT2D eigenvalue weighted by Crippen LogP contribution is -2.32. The van der Waals surface area contributed by atoms with Crippen LogP contribution in [0.15, 0.2) is 0 Å². The zero-order valence-electron chi connectivity index (χ0n) is 14.8. The number of hydrogen-bond acceptors (Lipinski definition) is 8. The monoisotopic (exact) mass is 383 g/mol. The number of carbonyl (C=O) groups excluding carboxylic acids is 2. The zero-order valence-corrected chi connectivity index (χ0v) is 16.5. The summed E-state index contributed by atoms with van der Waals surface area (Å²) in [6, 6.07) is 0. The fourth-order valence-corrected chi connectivity index (χ4v) is 3.78. The fourth-order valence-electron chi connectivity index (χ4n) is 2.05. The van der Waals surface area contributed by atoms with Gasteiger partial charge in [0.1, 0.15) is 16.5 Å². The van der Waals surface area contributed by atoms with Crippen LogP contribution in [0.25, 0.3) is 0 Å². The van der Waals surface area contributed by atoms with Gasteiger partial charge in [-0.15, -0.1) is 10.2 Å². The van der Waals surface area contributed by atoms with Gasteiger partial charge in [-0.25, -0.2) is 4.98 Å². The lowest BCUT2D eigenvalue weighted by atomic mass is 10.2. The summed E-state index contributed by atoms with van der Waals surface area (Å²) in [5.41, 5.74) is 0.578. The normalized spacial score (nSPS) is 11.0. The van der Waals surface area contributed by atoms with Gasteiger partial charge in [-0.05, 0) is 12.8 Å². The molecule has 0 saturated carbocycles. The average Bonchev–Trinajstić information content (AvgIpc) is 3.11. The number of anilines is 2. The smallest absolute Gasteiger partial charge is 0.269 e. The van der Waals surface area contributed by atoms with Gasteiger partial charge in [-0.1, -0.05) is 36.5 Å². The van der Waals surface area contributed by atoms with Crippen LogP contribution in [-0.2, 0) is 16.1 Å². The molecule has 0 spiro atoms. The molecule has 0 aliphatic rings. The molecule has 8 nitrogen and oxygen atoms in total. The summed E-state index contributed by atoms with van der Waals surface area (Å²) in [5, 5.41) is 12.2. The predicted octanol–water partition coefficient (Wildman–Crippen LogP) is 2.71. The number of aryl methyl sites for hydroxylation is 1. The van der Waals surface area contributed by atoms with E-state index in [1.807, 2.05) is 13.8 Å². The second-order valence-corrected chi connectivity index (χ2v) is 7.86. The average molecular weight is 383 g/mol. The Bertz CT molecular complexity index is 756. The van der Waals surface area contributed by atoms with Crippen LogP contribution >= 0.6 is 22.7 Å². The van der Waals surface area contributed by atoms with Crippen LogP contribution in [0.2, 0.25) is 0 Å². The molecule has 2 rings (SSSR count). The molecule has 2 aromatic rings. The Morgan fingerprint density at radius 2 is 2.00 bits per heavy atom. The van der Waals surface area contributed by atoms with Gasteiger partial charge in [0, 0.05) is 20.6 Å². The lowest BCUT2D eigenvalue weighted by molar-refractivity contribution is -0.116. The van der Waals surface area contributed by atoms with E-state index >= 15 is 0 Å². The first-order valence-corrected chi connectivity index (χ1v) is 9.33. The van der Waals surface area contributed by atoms with Gasteiger partial charge in [0.05, 0.1) is 5.69 Å². The first-order valence-electron chi connectivity index (χ1n) is 7.70. The number of carbonyl (C=O) groups is 2. The van der Waals surface area contributed by atoms with Crippen LogP contribution in [0.5, 0.6) is 0 Å². The maximum absolute atomic E-state index is 12.5. The highest BCUT2D eigenvalue weighted by atomic mass is 32.1. The number of hydrogen-bond donors (Lipinski definition) is 1. The van der Waals surface area contributed by atoms with E-state index in [0.717, 1.165) is 0 Å². The van der Waals surface area contributed by atoms with Gasteiger partial charge in [-0.2, -0.15) is 0 Å². The SMILES string of the molecule is COCc1nnc(NC(=O)c2sc(N(CC(C)C)C(C)=O)nc2C)s1.